The van der Waals surface area contributed by atoms with Gasteiger partial charge in [0, 0.05) is 87.3 Å². The van der Waals surface area contributed by atoms with Crippen LogP contribution >= 0.6 is 0 Å². The maximum Gasteiger partial charge on any atom is 0.302 e. The monoisotopic (exact) mass is 837 g/mol. The molecule has 60 heavy (non-hydrogen) atoms. The summed E-state index contributed by atoms with van der Waals surface area (Å²) in [5.41, 5.74) is -0.330. The van der Waals surface area contributed by atoms with E-state index in [1.807, 2.05) is 7.05 Å². The van der Waals surface area contributed by atoms with Crippen LogP contribution in [0.15, 0.2) is 46.4 Å². The number of fused-ring (bicyclic) bond motifs is 14. The zero-order chi connectivity index (χ0) is 44.4. The van der Waals surface area contributed by atoms with Crippen molar-refractivity contribution in [1.82, 2.24) is 9.91 Å². The first-order valence-electron chi connectivity index (χ1n) is 20.0. The third-order valence-electron chi connectivity index (χ3n) is 12.0. The van der Waals surface area contributed by atoms with Crippen LogP contribution in [0.4, 0.5) is 5.69 Å². The van der Waals surface area contributed by atoms with Crippen LogP contribution < -0.4 is 10.1 Å². The Kier molecular flexibility index (Phi) is 14.1. The number of aliphatic hydroxyl groups is 2. The molecular weight excluding hydrogens is 778 g/mol. The predicted octanol–water partition coefficient (Wildman–Crippen LogP) is 4.33. The third-order valence-corrected chi connectivity index (χ3v) is 12.0. The summed E-state index contributed by atoms with van der Waals surface area (Å²) in [5.74, 6) is -7.27. The number of methoxy groups -OCH3 is 1. The molecule has 0 unspecified atom stereocenters. The van der Waals surface area contributed by atoms with Crippen molar-refractivity contribution in [3.8, 4) is 23.0 Å². The Balaban J connectivity index is 1.73. The first-order chi connectivity index (χ1) is 28.3. The van der Waals surface area contributed by atoms with Gasteiger partial charge in [0.05, 0.1) is 53.0 Å². The van der Waals surface area contributed by atoms with Gasteiger partial charge in [0.25, 0.3) is 11.7 Å². The fraction of sp³-hybridized carbons (Fsp3) is 0.535. The second-order valence-corrected chi connectivity index (χ2v) is 16.2. The van der Waals surface area contributed by atoms with Crippen molar-refractivity contribution in [3.63, 3.8) is 0 Å². The predicted molar refractivity (Wildman–Crippen MR) is 224 cm³/mol. The fourth-order valence-corrected chi connectivity index (χ4v) is 8.08. The van der Waals surface area contributed by atoms with Crippen molar-refractivity contribution < 1.29 is 59.3 Å². The Morgan fingerprint density at radius 2 is 1.63 bits per heavy atom. The molecule has 5 bridgehead atoms. The van der Waals surface area contributed by atoms with E-state index < -0.39 is 83.0 Å². The fourth-order valence-electron chi connectivity index (χ4n) is 8.08. The molecule has 4 aliphatic heterocycles. The third kappa shape index (κ3) is 8.89. The van der Waals surface area contributed by atoms with Crippen LogP contribution in [-0.2, 0) is 23.8 Å². The molecule has 9 atom stereocenters. The first kappa shape index (κ1) is 45.7. The summed E-state index contributed by atoms with van der Waals surface area (Å²) in [6, 6.07) is 0. The Morgan fingerprint density at radius 3 is 2.25 bits per heavy atom. The summed E-state index contributed by atoms with van der Waals surface area (Å²) in [5, 5.41) is 81.4. The van der Waals surface area contributed by atoms with Crippen molar-refractivity contribution >= 4 is 40.3 Å². The Labute approximate surface area is 349 Å². The molecule has 328 valence electrons. The smallest absolute Gasteiger partial charge is 0.302 e. The van der Waals surface area contributed by atoms with Gasteiger partial charge in [-0.25, -0.2) is 0 Å². The minimum atomic E-state index is -1.89. The molecule has 0 spiro atoms. The van der Waals surface area contributed by atoms with Gasteiger partial charge < -0.3 is 59.9 Å². The van der Waals surface area contributed by atoms with Crippen LogP contribution in [0.2, 0.25) is 0 Å². The van der Waals surface area contributed by atoms with E-state index in [0.717, 1.165) is 13.1 Å². The van der Waals surface area contributed by atoms with Gasteiger partial charge in [-0.1, -0.05) is 51.1 Å². The highest BCUT2D eigenvalue weighted by atomic mass is 16.7. The number of carbonyl (C=O) groups excluding carboxylic acids is 2. The highest BCUT2D eigenvalue weighted by Crippen LogP contribution is 2.55. The number of anilines is 1. The van der Waals surface area contributed by atoms with Crippen LogP contribution in [0, 0.1) is 30.6 Å². The Morgan fingerprint density at radius 1 is 0.967 bits per heavy atom. The van der Waals surface area contributed by atoms with E-state index in [2.05, 4.69) is 20.5 Å². The van der Waals surface area contributed by atoms with Gasteiger partial charge in [0.1, 0.15) is 23.4 Å². The number of allylic oxidation sites excluding steroid dienone is 2. The Bertz CT molecular complexity index is 2110. The number of benzene rings is 2. The summed E-state index contributed by atoms with van der Waals surface area (Å²) in [7, 11) is 3.43. The molecule has 17 heteroatoms. The maximum atomic E-state index is 13.8. The van der Waals surface area contributed by atoms with Crippen LogP contribution in [0.25, 0.3) is 10.8 Å². The molecule has 1 fully saturated rings. The molecule has 7 N–H and O–H groups in total. The molecule has 17 nitrogen and oxygen atoms in total. The average molecular weight is 838 g/mol. The number of phenolic OH excluding ortho intramolecular Hbond substituents is 3. The number of rotatable bonds is 4. The van der Waals surface area contributed by atoms with Gasteiger partial charge in [-0.15, -0.1) is 0 Å². The molecule has 0 saturated carbocycles. The molecule has 4 aliphatic rings. The summed E-state index contributed by atoms with van der Waals surface area (Å²) in [6.45, 7) is 15.2. The number of carbonyl (C=O) groups is 2. The Hall–Kier alpha value is -5.36. The lowest BCUT2D eigenvalue weighted by molar-refractivity contribution is -0.160. The molecule has 0 aliphatic carbocycles. The summed E-state index contributed by atoms with van der Waals surface area (Å²) >= 11 is 0. The van der Waals surface area contributed by atoms with Crippen molar-refractivity contribution in [1.29, 1.82) is 0 Å². The number of likely N-dealkylation sites (N-methyl/N-ethyl adjacent to an activating group) is 1. The molecule has 2 aromatic carbocycles. The van der Waals surface area contributed by atoms with Gasteiger partial charge in [-0.3, -0.25) is 14.6 Å². The summed E-state index contributed by atoms with van der Waals surface area (Å²) in [4.78, 5) is 28.3. The lowest BCUT2D eigenvalue weighted by Gasteiger charge is -2.38. The average Bonchev–Trinajstić information content (AvgIpc) is 3.51. The summed E-state index contributed by atoms with van der Waals surface area (Å²) in [6.07, 6.45) is 4.98. The minimum Gasteiger partial charge on any atom is -0.507 e. The highest BCUT2D eigenvalue weighted by Gasteiger charge is 2.49. The van der Waals surface area contributed by atoms with Crippen molar-refractivity contribution in [2.75, 3.05) is 45.7 Å². The van der Waals surface area contributed by atoms with Gasteiger partial charge in [-0.2, -0.15) is 5.10 Å². The SMILES string of the molecule is CO[C@H]1/C=C/O[C@@]2(C)Oc3c(C)c(O)c4c(O)c(c(C=NN5CCN(C)CC5)c(O)c4c3/C2=N\O)NC(=O)/C(C)=C\C=C\[C@H](C)[C@H](O)[C@@H](C)[C@@H](O)[C@@H](C)[C@H](OC(C)=O)[C@@H]1C. The van der Waals surface area contributed by atoms with Crippen LogP contribution in [0.3, 0.4) is 0 Å². The van der Waals surface area contributed by atoms with Crippen molar-refractivity contribution in [2.24, 2.45) is 33.9 Å². The maximum absolute atomic E-state index is 13.8. The largest absolute Gasteiger partial charge is 0.507 e. The molecule has 1 amide bonds. The molecule has 4 heterocycles. The van der Waals surface area contributed by atoms with E-state index in [4.69, 9.17) is 18.9 Å². The second-order valence-electron chi connectivity index (χ2n) is 16.2. The number of aromatic hydroxyl groups is 3. The normalized spacial score (nSPS) is 32.4. The van der Waals surface area contributed by atoms with Gasteiger partial charge in [0.15, 0.2) is 11.5 Å². The molecule has 2 aromatic rings. The van der Waals surface area contributed by atoms with Crippen LogP contribution in [-0.4, -0.2) is 135 Å². The highest BCUT2D eigenvalue weighted by molar-refractivity contribution is 6.25. The molecule has 1 saturated heterocycles. The number of hydrogen-bond donors (Lipinski definition) is 7. The number of aliphatic hydroxyl groups excluding tert-OH is 2. The quantitative estimate of drug-likeness (QED) is 0.0567. The van der Waals surface area contributed by atoms with Crippen molar-refractivity contribution in [2.45, 2.75) is 85.6 Å². The second kappa shape index (κ2) is 18.5. The first-order valence-corrected chi connectivity index (χ1v) is 20.0. The molecule has 6 rings (SSSR count). The van der Waals surface area contributed by atoms with E-state index in [0.29, 0.717) is 13.1 Å². The van der Waals surface area contributed by atoms with Gasteiger partial charge >= 0.3 is 5.97 Å². The number of piperazine rings is 1. The van der Waals surface area contributed by atoms with Crippen LogP contribution in [0.5, 0.6) is 23.0 Å². The van der Waals surface area contributed by atoms with E-state index in [1.54, 1.807) is 44.9 Å². The number of ether oxygens (including phenoxy) is 4. The van der Waals surface area contributed by atoms with E-state index in [9.17, 15) is 40.3 Å². The molecular formula is C43H59N5O12. The lowest BCUT2D eigenvalue weighted by Crippen LogP contribution is -2.46. The molecule has 0 radical (unpaired) electrons. The lowest BCUT2D eigenvalue weighted by atomic mass is 9.78. The number of esters is 1. The van der Waals surface area contributed by atoms with E-state index >= 15 is 0 Å². The number of oxime groups is 1. The number of amides is 1. The van der Waals surface area contributed by atoms with E-state index in [-0.39, 0.29) is 50.2 Å². The number of nitrogens with one attached hydrogen (secondary N) is 1. The topological polar surface area (TPSA) is 236 Å². The number of nitrogens with zero attached hydrogens (tertiary/aromatic N) is 4. The van der Waals surface area contributed by atoms with Crippen LogP contribution in [0.1, 0.15) is 65.2 Å². The van der Waals surface area contributed by atoms with E-state index in [1.165, 1.54) is 59.4 Å². The number of phenols is 3. The van der Waals surface area contributed by atoms with Gasteiger partial charge in [0.2, 0.25) is 0 Å². The molecule has 0 aromatic heterocycles. The zero-order valence-corrected chi connectivity index (χ0v) is 35.8. The summed E-state index contributed by atoms with van der Waals surface area (Å²) < 4.78 is 23.9. The minimum absolute atomic E-state index is 0.00545. The zero-order valence-electron chi connectivity index (χ0n) is 35.8. The standard InChI is InChI=1S/C43H59N5O12/c1-21-12-11-13-22(2)42(55)45-33-28(20-44-48-17-15-47(9)16-18-48)37(53)30-31(38(33)54)36(52)26(6)40-32(30)41(46-56)43(8,60-40)58-19-14-29(57-10)23(3)39(59-27(7)49)25(5)35(51)24(4)34(21)50/h11-14,19-21,23-25,29,34-35,39,50-54,56H,15-18H2,1-10H3,(H,45,55)/b12-11+,19-14+,22-13-,44-20?,46-41+/t21-,23+,24+,25+,29-,34-,35+,39+,43-/m0/s1. The van der Waals surface area contributed by atoms with Crippen molar-refractivity contribution in [3.05, 3.63) is 52.8 Å². The van der Waals surface area contributed by atoms with Gasteiger partial charge in [-0.05, 0) is 27.0 Å². The number of hydrogen-bond acceptors (Lipinski definition) is 16. The number of hydrazone groups is 1.